The molecule has 2 rings (SSSR count). The van der Waals surface area contributed by atoms with Gasteiger partial charge in [0.2, 0.25) is 10.0 Å². The molecule has 3 N–H and O–H groups in total. The van der Waals surface area contributed by atoms with Gasteiger partial charge in [-0.3, -0.25) is 0 Å². The van der Waals surface area contributed by atoms with Crippen LogP contribution in [0.4, 0.5) is 17.5 Å². The highest BCUT2D eigenvalue weighted by Crippen LogP contribution is 2.12. The molecular formula is C13H18N6O2S. The summed E-state index contributed by atoms with van der Waals surface area (Å²) in [5.41, 5.74) is 1.08. The van der Waals surface area contributed by atoms with Gasteiger partial charge in [-0.2, -0.15) is 0 Å². The molecule has 0 unspecified atom stereocenters. The molecule has 0 amide bonds. The molecule has 0 saturated carbocycles. The van der Waals surface area contributed by atoms with Gasteiger partial charge in [-0.25, -0.2) is 18.1 Å². The molecule has 9 heteroatoms. The first kappa shape index (κ1) is 16.1. The van der Waals surface area contributed by atoms with Crippen LogP contribution in [0.15, 0.2) is 30.5 Å². The normalized spacial score (nSPS) is 11.2. The lowest BCUT2D eigenvalue weighted by atomic mass is 10.3. The molecule has 22 heavy (non-hydrogen) atoms. The minimum Gasteiger partial charge on any atom is -0.367 e. The molecule has 2 heterocycles. The molecule has 0 bridgehead atoms. The topological polar surface area (TPSA) is 109 Å². The van der Waals surface area contributed by atoms with Gasteiger partial charge in [0.25, 0.3) is 0 Å². The minimum atomic E-state index is -3.17. The van der Waals surface area contributed by atoms with E-state index in [0.717, 1.165) is 11.8 Å². The third-order valence-corrected chi connectivity index (χ3v) is 3.36. The fraction of sp³-hybridized carbons (Fsp3) is 0.308. The molecular weight excluding hydrogens is 304 g/mol. The second-order valence-electron chi connectivity index (χ2n) is 4.74. The fourth-order valence-corrected chi connectivity index (χ4v) is 2.07. The Labute approximate surface area is 129 Å². The standard InChI is InChI=1S/C13H18N6O2S/c1-10-3-4-11(15-9-10)17-13-6-5-12(18-19-13)14-7-8-16-22(2,20)21/h3-6,9,16H,7-8H2,1-2H3,(H,14,18)(H,15,17,19). The second-order valence-corrected chi connectivity index (χ2v) is 6.58. The van der Waals surface area contributed by atoms with Crippen molar-refractivity contribution in [1.29, 1.82) is 0 Å². The maximum atomic E-state index is 10.9. The summed E-state index contributed by atoms with van der Waals surface area (Å²) >= 11 is 0. The van der Waals surface area contributed by atoms with E-state index in [9.17, 15) is 8.42 Å². The van der Waals surface area contributed by atoms with Gasteiger partial charge < -0.3 is 10.6 Å². The lowest BCUT2D eigenvalue weighted by Gasteiger charge is -2.07. The number of aryl methyl sites for hydroxylation is 1. The highest BCUT2D eigenvalue weighted by Gasteiger charge is 2.01. The Morgan fingerprint density at radius 1 is 1.00 bits per heavy atom. The summed E-state index contributed by atoms with van der Waals surface area (Å²) in [6, 6.07) is 7.33. The predicted molar refractivity (Wildman–Crippen MR) is 85.6 cm³/mol. The molecule has 0 aliphatic carbocycles. The van der Waals surface area contributed by atoms with Gasteiger partial charge in [-0.05, 0) is 30.7 Å². The van der Waals surface area contributed by atoms with E-state index in [2.05, 4.69) is 30.5 Å². The number of anilines is 3. The summed E-state index contributed by atoms with van der Waals surface area (Å²) in [7, 11) is -3.17. The van der Waals surface area contributed by atoms with Crippen LogP contribution in [0, 0.1) is 6.92 Å². The van der Waals surface area contributed by atoms with Crippen molar-refractivity contribution in [2.45, 2.75) is 6.92 Å². The maximum absolute atomic E-state index is 10.9. The minimum absolute atomic E-state index is 0.286. The summed E-state index contributed by atoms with van der Waals surface area (Å²) in [6.45, 7) is 2.68. The van der Waals surface area contributed by atoms with E-state index < -0.39 is 10.0 Å². The van der Waals surface area contributed by atoms with Gasteiger partial charge in [0.15, 0.2) is 5.82 Å². The summed E-state index contributed by atoms with van der Waals surface area (Å²) in [6.07, 6.45) is 2.88. The zero-order valence-corrected chi connectivity index (χ0v) is 13.2. The molecule has 0 aromatic carbocycles. The summed E-state index contributed by atoms with van der Waals surface area (Å²) in [5.74, 6) is 1.84. The van der Waals surface area contributed by atoms with Crippen molar-refractivity contribution >= 4 is 27.5 Å². The Morgan fingerprint density at radius 2 is 1.68 bits per heavy atom. The number of hydrogen-bond acceptors (Lipinski definition) is 7. The lowest BCUT2D eigenvalue weighted by Crippen LogP contribution is -2.27. The van der Waals surface area contributed by atoms with Crippen molar-refractivity contribution in [2.75, 3.05) is 30.0 Å². The SMILES string of the molecule is Cc1ccc(Nc2ccc(NCCNS(C)(=O)=O)nn2)nc1. The van der Waals surface area contributed by atoms with Crippen LogP contribution in [0.2, 0.25) is 0 Å². The molecule has 2 aromatic heterocycles. The van der Waals surface area contributed by atoms with Crippen molar-refractivity contribution in [2.24, 2.45) is 0 Å². The molecule has 118 valence electrons. The van der Waals surface area contributed by atoms with Crippen LogP contribution < -0.4 is 15.4 Å². The molecule has 8 nitrogen and oxygen atoms in total. The van der Waals surface area contributed by atoms with Crippen LogP contribution in [0.3, 0.4) is 0 Å². The monoisotopic (exact) mass is 322 g/mol. The number of aromatic nitrogens is 3. The number of nitrogens with zero attached hydrogens (tertiary/aromatic N) is 3. The molecule has 0 spiro atoms. The van der Waals surface area contributed by atoms with Crippen LogP contribution in [0.5, 0.6) is 0 Å². The molecule has 0 atom stereocenters. The number of hydrogen-bond donors (Lipinski definition) is 3. The molecule has 0 saturated heterocycles. The quantitative estimate of drug-likeness (QED) is 0.649. The van der Waals surface area contributed by atoms with Crippen LogP contribution in [0.25, 0.3) is 0 Å². The Kier molecular flexibility index (Phi) is 5.23. The summed E-state index contributed by atoms with van der Waals surface area (Å²) in [4.78, 5) is 4.22. The van der Waals surface area contributed by atoms with Gasteiger partial charge in [-0.1, -0.05) is 6.07 Å². The van der Waals surface area contributed by atoms with E-state index in [1.54, 1.807) is 18.3 Å². The maximum Gasteiger partial charge on any atom is 0.208 e. The Hall–Kier alpha value is -2.26. The first-order valence-corrected chi connectivity index (χ1v) is 8.53. The zero-order valence-electron chi connectivity index (χ0n) is 12.4. The van der Waals surface area contributed by atoms with Crippen LogP contribution in [-0.2, 0) is 10.0 Å². The molecule has 0 radical (unpaired) electrons. The zero-order chi connectivity index (χ0) is 16.0. The van der Waals surface area contributed by atoms with Crippen molar-refractivity contribution in [3.05, 3.63) is 36.0 Å². The first-order chi connectivity index (χ1) is 10.4. The molecule has 2 aromatic rings. The number of nitrogens with one attached hydrogen (secondary N) is 3. The second kappa shape index (κ2) is 7.14. The van der Waals surface area contributed by atoms with Crippen LogP contribution >= 0.6 is 0 Å². The largest absolute Gasteiger partial charge is 0.367 e. The Bertz CT molecular complexity index is 700. The van der Waals surface area contributed by atoms with E-state index in [-0.39, 0.29) is 6.54 Å². The van der Waals surface area contributed by atoms with E-state index >= 15 is 0 Å². The third-order valence-electron chi connectivity index (χ3n) is 2.63. The van der Waals surface area contributed by atoms with E-state index in [1.165, 1.54) is 0 Å². The Morgan fingerprint density at radius 3 is 2.27 bits per heavy atom. The predicted octanol–water partition coefficient (Wildman–Crippen LogP) is 0.885. The van der Waals surface area contributed by atoms with Crippen molar-refractivity contribution < 1.29 is 8.42 Å². The van der Waals surface area contributed by atoms with Crippen molar-refractivity contribution in [3.63, 3.8) is 0 Å². The lowest BCUT2D eigenvalue weighted by molar-refractivity contribution is 0.589. The summed E-state index contributed by atoms with van der Waals surface area (Å²) < 4.78 is 24.2. The van der Waals surface area contributed by atoms with E-state index in [0.29, 0.717) is 24.0 Å². The van der Waals surface area contributed by atoms with Crippen LogP contribution in [-0.4, -0.2) is 42.9 Å². The first-order valence-electron chi connectivity index (χ1n) is 6.64. The number of sulfonamides is 1. The van der Waals surface area contributed by atoms with E-state index in [4.69, 9.17) is 0 Å². The van der Waals surface area contributed by atoms with Gasteiger partial charge >= 0.3 is 0 Å². The number of rotatable bonds is 7. The van der Waals surface area contributed by atoms with Crippen molar-refractivity contribution in [3.8, 4) is 0 Å². The highest BCUT2D eigenvalue weighted by molar-refractivity contribution is 7.88. The molecule has 0 aliphatic heterocycles. The average Bonchev–Trinajstić information content (AvgIpc) is 2.47. The highest BCUT2D eigenvalue weighted by atomic mass is 32.2. The van der Waals surface area contributed by atoms with Gasteiger partial charge in [0, 0.05) is 19.3 Å². The van der Waals surface area contributed by atoms with Gasteiger partial charge in [0.1, 0.15) is 11.6 Å². The summed E-state index contributed by atoms with van der Waals surface area (Å²) in [5, 5.41) is 14.0. The molecule has 0 aliphatic rings. The fourth-order valence-electron chi connectivity index (χ4n) is 1.59. The van der Waals surface area contributed by atoms with Crippen LogP contribution in [0.1, 0.15) is 5.56 Å². The third kappa shape index (κ3) is 5.62. The van der Waals surface area contributed by atoms with Crippen molar-refractivity contribution in [1.82, 2.24) is 19.9 Å². The molecule has 0 fully saturated rings. The number of pyridine rings is 1. The smallest absolute Gasteiger partial charge is 0.208 e. The average molecular weight is 322 g/mol. The van der Waals surface area contributed by atoms with E-state index in [1.807, 2.05) is 19.1 Å². The van der Waals surface area contributed by atoms with Gasteiger partial charge in [-0.15, -0.1) is 10.2 Å². The van der Waals surface area contributed by atoms with Gasteiger partial charge in [0.05, 0.1) is 6.26 Å². The Balaban J connectivity index is 1.83.